The molecule has 2 saturated carbocycles. The van der Waals surface area contributed by atoms with Crippen LogP contribution in [0.4, 0.5) is 0 Å². The van der Waals surface area contributed by atoms with Crippen LogP contribution in [0.1, 0.15) is 39.5 Å². The fourth-order valence-corrected chi connectivity index (χ4v) is 4.32. The maximum Gasteiger partial charge on any atom is 0.169 e. The second-order valence-electron chi connectivity index (χ2n) is 6.39. The van der Waals surface area contributed by atoms with E-state index in [0.717, 1.165) is 30.0 Å². The number of nitrogens with one attached hydrogen (secondary N) is 1. The smallest absolute Gasteiger partial charge is 0.169 e. The van der Waals surface area contributed by atoms with E-state index in [4.69, 9.17) is 17.0 Å². The van der Waals surface area contributed by atoms with E-state index in [-0.39, 0.29) is 12.2 Å². The van der Waals surface area contributed by atoms with Crippen molar-refractivity contribution in [1.29, 1.82) is 0 Å². The average Bonchev–Trinajstić information content (AvgIpc) is 2.89. The van der Waals surface area contributed by atoms with Crippen LogP contribution in [-0.4, -0.2) is 41.4 Å². The summed E-state index contributed by atoms with van der Waals surface area (Å²) in [6.45, 7) is 6.11. The van der Waals surface area contributed by atoms with Gasteiger partial charge in [-0.15, -0.1) is 0 Å². The van der Waals surface area contributed by atoms with Crippen LogP contribution in [0.15, 0.2) is 0 Å². The topological polar surface area (TPSA) is 24.5 Å². The maximum atomic E-state index is 5.76. The Morgan fingerprint density at radius 1 is 1.17 bits per heavy atom. The Balaban J connectivity index is 1.55. The molecule has 2 aliphatic carbocycles. The Morgan fingerprint density at radius 2 is 1.89 bits per heavy atom. The molecule has 3 aliphatic rings. The molecule has 2 bridgehead atoms. The second kappa shape index (κ2) is 4.97. The van der Waals surface area contributed by atoms with Crippen LogP contribution in [0.5, 0.6) is 0 Å². The zero-order valence-electron chi connectivity index (χ0n) is 11.4. The summed E-state index contributed by atoms with van der Waals surface area (Å²) in [6.07, 6.45) is 6.18. The summed E-state index contributed by atoms with van der Waals surface area (Å²) in [5, 5.41) is 4.58. The van der Waals surface area contributed by atoms with Gasteiger partial charge in [-0.25, -0.2) is 0 Å². The molecule has 0 aromatic carbocycles. The molecular weight excluding hydrogens is 244 g/mol. The van der Waals surface area contributed by atoms with Crippen molar-refractivity contribution in [3.05, 3.63) is 0 Å². The molecule has 4 heteroatoms. The molecule has 1 heterocycles. The van der Waals surface area contributed by atoms with E-state index < -0.39 is 0 Å². The highest BCUT2D eigenvalue weighted by molar-refractivity contribution is 7.80. The minimum absolute atomic E-state index is 0.286. The molecule has 0 aromatic heterocycles. The molecule has 1 N–H and O–H groups in total. The molecule has 0 aromatic rings. The molecule has 3 nitrogen and oxygen atoms in total. The Morgan fingerprint density at radius 3 is 2.44 bits per heavy atom. The molecule has 0 amide bonds. The number of hydrogen-bond donors (Lipinski definition) is 1. The normalized spacial score (nSPS) is 43.2. The second-order valence-corrected chi connectivity index (χ2v) is 6.78. The molecule has 0 spiro atoms. The van der Waals surface area contributed by atoms with Crippen molar-refractivity contribution in [3.8, 4) is 0 Å². The van der Waals surface area contributed by atoms with E-state index in [1.54, 1.807) is 0 Å². The summed E-state index contributed by atoms with van der Waals surface area (Å²) in [5.74, 6) is 1.85. The highest BCUT2D eigenvalue weighted by atomic mass is 32.1. The number of ether oxygens (including phenoxy) is 1. The maximum absolute atomic E-state index is 5.76. The van der Waals surface area contributed by atoms with E-state index in [9.17, 15) is 0 Å². The van der Waals surface area contributed by atoms with Crippen molar-refractivity contribution in [3.63, 3.8) is 0 Å². The van der Waals surface area contributed by atoms with Crippen LogP contribution in [-0.2, 0) is 4.74 Å². The summed E-state index contributed by atoms with van der Waals surface area (Å²) >= 11 is 5.59. The lowest BCUT2D eigenvalue weighted by Crippen LogP contribution is -2.54. The summed E-state index contributed by atoms with van der Waals surface area (Å²) in [5.41, 5.74) is 0. The average molecular weight is 268 g/mol. The van der Waals surface area contributed by atoms with E-state index in [2.05, 4.69) is 24.1 Å². The number of rotatable bonds is 1. The lowest BCUT2D eigenvalue weighted by molar-refractivity contribution is -0.0484. The summed E-state index contributed by atoms with van der Waals surface area (Å²) in [6, 6.07) is 0.643. The highest BCUT2D eigenvalue weighted by Crippen LogP contribution is 2.44. The largest absolute Gasteiger partial charge is 0.372 e. The van der Waals surface area contributed by atoms with Crippen LogP contribution >= 0.6 is 12.2 Å². The molecular formula is C14H24N2OS. The third-order valence-electron chi connectivity index (χ3n) is 4.75. The number of thiocarbonyl (C=S) groups is 1. The van der Waals surface area contributed by atoms with E-state index in [1.807, 2.05) is 0 Å². The van der Waals surface area contributed by atoms with Gasteiger partial charge in [0.05, 0.1) is 12.2 Å². The third kappa shape index (κ3) is 2.50. The SMILES string of the molecule is C[C@H]1CN(C(=S)N[C@@H]2C[C@@H]3CC[C@@H]2C3)C[C@H](C)O1. The van der Waals surface area contributed by atoms with Crippen LogP contribution in [0, 0.1) is 11.8 Å². The molecule has 102 valence electrons. The van der Waals surface area contributed by atoms with Gasteiger partial charge in [-0.2, -0.15) is 0 Å². The van der Waals surface area contributed by atoms with Gasteiger partial charge in [0.2, 0.25) is 0 Å². The Kier molecular flexibility index (Phi) is 3.50. The molecule has 3 rings (SSSR count). The van der Waals surface area contributed by atoms with Gasteiger partial charge in [-0.1, -0.05) is 6.42 Å². The summed E-state index contributed by atoms with van der Waals surface area (Å²) < 4.78 is 5.76. The molecule has 1 aliphatic heterocycles. The van der Waals surface area contributed by atoms with Gasteiger partial charge in [0, 0.05) is 19.1 Å². The molecule has 0 unspecified atom stereocenters. The first-order valence-corrected chi connectivity index (χ1v) is 7.73. The summed E-state index contributed by atoms with van der Waals surface area (Å²) in [7, 11) is 0. The first-order chi connectivity index (χ1) is 8.61. The van der Waals surface area contributed by atoms with Crippen molar-refractivity contribution >= 4 is 17.3 Å². The quantitative estimate of drug-likeness (QED) is 0.737. The minimum atomic E-state index is 0.286. The standard InChI is InChI=1S/C14H24N2OS/c1-9-7-16(8-10(2)17-9)14(18)15-13-6-11-3-4-12(13)5-11/h9-13H,3-8H2,1-2H3,(H,15,18)/t9-,10-,11+,12+,13+/m0/s1. The molecule has 3 fully saturated rings. The number of nitrogens with zero attached hydrogens (tertiary/aromatic N) is 1. The van der Waals surface area contributed by atoms with Crippen LogP contribution < -0.4 is 5.32 Å². The lowest BCUT2D eigenvalue weighted by atomic mass is 9.95. The predicted octanol–water partition coefficient (Wildman–Crippen LogP) is 2.16. The van der Waals surface area contributed by atoms with E-state index in [0.29, 0.717) is 6.04 Å². The number of hydrogen-bond acceptors (Lipinski definition) is 2. The fourth-order valence-electron chi connectivity index (χ4n) is 4.02. The fraction of sp³-hybridized carbons (Fsp3) is 0.929. The highest BCUT2D eigenvalue weighted by Gasteiger charge is 2.40. The zero-order chi connectivity index (χ0) is 12.7. The third-order valence-corrected chi connectivity index (χ3v) is 5.13. The number of morpholine rings is 1. The van der Waals surface area contributed by atoms with Crippen molar-refractivity contribution in [2.75, 3.05) is 13.1 Å². The molecule has 1 saturated heterocycles. The minimum Gasteiger partial charge on any atom is -0.372 e. The van der Waals surface area contributed by atoms with E-state index in [1.165, 1.54) is 25.7 Å². The Hall–Kier alpha value is -0.350. The van der Waals surface area contributed by atoms with Gasteiger partial charge < -0.3 is 15.0 Å². The molecule has 0 radical (unpaired) electrons. The monoisotopic (exact) mass is 268 g/mol. The Bertz CT molecular complexity index is 326. The van der Waals surface area contributed by atoms with Crippen molar-refractivity contribution < 1.29 is 4.74 Å². The van der Waals surface area contributed by atoms with Gasteiger partial charge in [0.15, 0.2) is 5.11 Å². The predicted molar refractivity (Wildman–Crippen MR) is 76.6 cm³/mol. The van der Waals surface area contributed by atoms with Gasteiger partial charge >= 0.3 is 0 Å². The number of fused-ring (bicyclic) bond motifs is 2. The van der Waals surface area contributed by atoms with Gasteiger partial charge in [-0.05, 0) is 57.2 Å². The first kappa shape index (κ1) is 12.7. The Labute approximate surface area is 115 Å². The van der Waals surface area contributed by atoms with Crippen LogP contribution in [0.2, 0.25) is 0 Å². The van der Waals surface area contributed by atoms with Crippen LogP contribution in [0.3, 0.4) is 0 Å². The van der Waals surface area contributed by atoms with Gasteiger partial charge in [0.25, 0.3) is 0 Å². The molecule has 18 heavy (non-hydrogen) atoms. The van der Waals surface area contributed by atoms with E-state index >= 15 is 0 Å². The van der Waals surface area contributed by atoms with Crippen LogP contribution in [0.25, 0.3) is 0 Å². The van der Waals surface area contributed by atoms with Gasteiger partial charge in [0.1, 0.15) is 0 Å². The van der Waals surface area contributed by atoms with Crippen molar-refractivity contribution in [1.82, 2.24) is 10.2 Å². The lowest BCUT2D eigenvalue weighted by Gasteiger charge is -2.38. The first-order valence-electron chi connectivity index (χ1n) is 7.32. The van der Waals surface area contributed by atoms with Crippen molar-refractivity contribution in [2.24, 2.45) is 11.8 Å². The zero-order valence-corrected chi connectivity index (χ0v) is 12.2. The summed E-state index contributed by atoms with van der Waals surface area (Å²) in [4.78, 5) is 2.29. The van der Waals surface area contributed by atoms with Gasteiger partial charge in [-0.3, -0.25) is 0 Å². The van der Waals surface area contributed by atoms with Crippen molar-refractivity contribution in [2.45, 2.75) is 57.8 Å². The molecule has 5 atom stereocenters.